The molecule has 0 radical (unpaired) electrons. The van der Waals surface area contributed by atoms with E-state index in [0.29, 0.717) is 12.1 Å². The standard InChI is InChI=1S/C20H22N4O2/c1-13(2)18(19(21)25)23-20(26)16-8-15-9-22-10-17(15)24(12-16)11-14-6-4-3-5-7-14/h3-10,12-13,18H,11H2,1-2H3,(H2,21,25)(H,23,26)/t18-/m0/s1. The number of carbonyl (C=O) groups excluding carboxylic acids is 2. The Balaban J connectivity index is 1.93. The van der Waals surface area contributed by atoms with E-state index in [2.05, 4.69) is 10.3 Å². The molecule has 0 bridgehead atoms. The zero-order valence-corrected chi connectivity index (χ0v) is 14.8. The molecule has 2 aliphatic heterocycles. The van der Waals surface area contributed by atoms with E-state index in [1.54, 1.807) is 24.7 Å². The van der Waals surface area contributed by atoms with Gasteiger partial charge in [0.15, 0.2) is 0 Å². The van der Waals surface area contributed by atoms with Crippen LogP contribution in [0.5, 0.6) is 0 Å². The Labute approximate surface area is 152 Å². The molecule has 0 aromatic heterocycles. The SMILES string of the molecule is CC(C)[C@H](NC(=O)c1cc2cncc-2n(Cc2ccccc2)c1)C(N)=O. The van der Waals surface area contributed by atoms with Crippen molar-refractivity contribution in [3.05, 3.63) is 66.1 Å². The number of carbonyl (C=O) groups is 2. The Kier molecular flexibility index (Phi) is 5.02. The van der Waals surface area contributed by atoms with E-state index in [9.17, 15) is 9.59 Å². The number of rotatable bonds is 6. The van der Waals surface area contributed by atoms with Crippen molar-refractivity contribution in [1.29, 1.82) is 0 Å². The molecule has 1 atom stereocenters. The third kappa shape index (κ3) is 3.74. The second-order valence-electron chi connectivity index (χ2n) is 6.69. The van der Waals surface area contributed by atoms with Gasteiger partial charge in [0.2, 0.25) is 5.91 Å². The van der Waals surface area contributed by atoms with Gasteiger partial charge in [-0.25, -0.2) is 0 Å². The Bertz CT molecular complexity index is 886. The summed E-state index contributed by atoms with van der Waals surface area (Å²) in [5, 5.41) is 2.73. The van der Waals surface area contributed by atoms with E-state index in [1.165, 1.54) is 0 Å². The van der Waals surface area contributed by atoms with E-state index in [-0.39, 0.29) is 11.8 Å². The lowest BCUT2D eigenvalue weighted by Gasteiger charge is -2.20. The van der Waals surface area contributed by atoms with Crippen LogP contribution in [-0.2, 0) is 11.3 Å². The summed E-state index contributed by atoms with van der Waals surface area (Å²) in [6.07, 6.45) is 5.28. The zero-order valence-electron chi connectivity index (χ0n) is 14.8. The van der Waals surface area contributed by atoms with Crippen molar-refractivity contribution in [1.82, 2.24) is 14.9 Å². The van der Waals surface area contributed by atoms with Crippen LogP contribution in [0.4, 0.5) is 0 Å². The summed E-state index contributed by atoms with van der Waals surface area (Å²) in [4.78, 5) is 28.5. The number of nitrogens with one attached hydrogen (secondary N) is 1. The molecule has 0 saturated heterocycles. The summed E-state index contributed by atoms with van der Waals surface area (Å²) in [5.41, 5.74) is 8.80. The van der Waals surface area contributed by atoms with Crippen LogP contribution in [0.1, 0.15) is 29.8 Å². The van der Waals surface area contributed by atoms with E-state index in [4.69, 9.17) is 5.73 Å². The predicted octanol–water partition coefficient (Wildman–Crippen LogP) is 2.28. The Morgan fingerprint density at radius 1 is 1.19 bits per heavy atom. The lowest BCUT2D eigenvalue weighted by atomic mass is 10.0. The minimum Gasteiger partial charge on any atom is -0.368 e. The maximum Gasteiger partial charge on any atom is 0.253 e. The molecule has 6 nitrogen and oxygen atoms in total. The molecule has 0 unspecified atom stereocenters. The fourth-order valence-corrected chi connectivity index (χ4v) is 2.95. The van der Waals surface area contributed by atoms with Gasteiger partial charge >= 0.3 is 0 Å². The average molecular weight is 350 g/mol. The maximum atomic E-state index is 12.7. The van der Waals surface area contributed by atoms with Crippen LogP contribution in [0, 0.1) is 5.92 Å². The summed E-state index contributed by atoms with van der Waals surface area (Å²) in [6, 6.07) is 11.1. The number of primary amides is 1. The number of hydrogen-bond acceptors (Lipinski definition) is 3. The summed E-state index contributed by atoms with van der Waals surface area (Å²) in [6.45, 7) is 4.30. The molecule has 0 fully saturated rings. The second-order valence-corrected chi connectivity index (χ2v) is 6.69. The first kappa shape index (κ1) is 17.7. The van der Waals surface area contributed by atoms with Crippen molar-refractivity contribution in [3.63, 3.8) is 0 Å². The van der Waals surface area contributed by atoms with Crippen molar-refractivity contribution in [2.75, 3.05) is 0 Å². The smallest absolute Gasteiger partial charge is 0.253 e. The van der Waals surface area contributed by atoms with Crippen LogP contribution in [0.3, 0.4) is 0 Å². The number of nitrogens with zero attached hydrogens (tertiary/aromatic N) is 2. The first-order valence-corrected chi connectivity index (χ1v) is 8.53. The molecule has 0 aliphatic carbocycles. The van der Waals surface area contributed by atoms with Gasteiger partial charge in [-0.2, -0.15) is 0 Å². The van der Waals surface area contributed by atoms with Gasteiger partial charge < -0.3 is 15.6 Å². The number of nitrogens with two attached hydrogens (primary N) is 1. The molecule has 1 aromatic carbocycles. The highest BCUT2D eigenvalue weighted by Gasteiger charge is 2.23. The van der Waals surface area contributed by atoms with Crippen molar-refractivity contribution in [3.8, 4) is 11.3 Å². The fraction of sp³-hybridized carbons (Fsp3) is 0.250. The molecule has 6 heteroatoms. The van der Waals surface area contributed by atoms with Crippen molar-refractivity contribution >= 4 is 11.8 Å². The van der Waals surface area contributed by atoms with E-state index in [1.807, 2.05) is 48.7 Å². The molecule has 26 heavy (non-hydrogen) atoms. The minimum absolute atomic E-state index is 0.0859. The zero-order chi connectivity index (χ0) is 18.7. The first-order valence-electron chi connectivity index (χ1n) is 8.53. The van der Waals surface area contributed by atoms with Crippen LogP contribution in [-0.4, -0.2) is 27.4 Å². The Morgan fingerprint density at radius 2 is 1.92 bits per heavy atom. The van der Waals surface area contributed by atoms with Crippen LogP contribution in [0.25, 0.3) is 11.3 Å². The van der Waals surface area contributed by atoms with Crippen molar-refractivity contribution in [2.24, 2.45) is 11.7 Å². The average Bonchev–Trinajstić information content (AvgIpc) is 3.08. The lowest BCUT2D eigenvalue weighted by Crippen LogP contribution is -2.47. The number of amides is 2. The quantitative estimate of drug-likeness (QED) is 0.714. The largest absolute Gasteiger partial charge is 0.368 e. The third-order valence-corrected chi connectivity index (χ3v) is 4.34. The van der Waals surface area contributed by atoms with Gasteiger partial charge in [-0.1, -0.05) is 44.2 Å². The van der Waals surface area contributed by atoms with Gasteiger partial charge in [0.25, 0.3) is 5.91 Å². The third-order valence-electron chi connectivity index (χ3n) is 4.34. The summed E-state index contributed by atoms with van der Waals surface area (Å²) >= 11 is 0. The summed E-state index contributed by atoms with van der Waals surface area (Å²) < 4.78 is 1.99. The van der Waals surface area contributed by atoms with Crippen molar-refractivity contribution in [2.45, 2.75) is 26.4 Å². The second kappa shape index (κ2) is 7.39. The topological polar surface area (TPSA) is 90.0 Å². The summed E-state index contributed by atoms with van der Waals surface area (Å²) in [7, 11) is 0. The van der Waals surface area contributed by atoms with Gasteiger partial charge in [-0.3, -0.25) is 14.6 Å². The molecule has 0 spiro atoms. The highest BCUT2D eigenvalue weighted by atomic mass is 16.2. The van der Waals surface area contributed by atoms with Gasteiger partial charge in [-0.05, 0) is 17.5 Å². The fourth-order valence-electron chi connectivity index (χ4n) is 2.95. The number of fused-ring (bicyclic) bond motifs is 1. The molecule has 1 aromatic rings. The highest BCUT2D eigenvalue weighted by Crippen LogP contribution is 2.24. The molecule has 3 N–H and O–H groups in total. The highest BCUT2D eigenvalue weighted by molar-refractivity contribution is 5.98. The number of aromatic nitrogens is 2. The van der Waals surface area contributed by atoms with E-state index < -0.39 is 11.9 Å². The number of pyridine rings is 1. The Morgan fingerprint density at radius 3 is 2.58 bits per heavy atom. The minimum atomic E-state index is -0.710. The molecule has 3 rings (SSSR count). The number of hydrogen-bond donors (Lipinski definition) is 2. The van der Waals surface area contributed by atoms with Crippen LogP contribution in [0.2, 0.25) is 0 Å². The van der Waals surface area contributed by atoms with E-state index in [0.717, 1.165) is 16.8 Å². The van der Waals surface area contributed by atoms with Crippen LogP contribution < -0.4 is 11.1 Å². The Hall–Kier alpha value is -3.15. The van der Waals surface area contributed by atoms with Gasteiger partial charge in [-0.15, -0.1) is 0 Å². The number of benzene rings is 1. The van der Waals surface area contributed by atoms with Crippen molar-refractivity contribution < 1.29 is 9.59 Å². The lowest BCUT2D eigenvalue weighted by molar-refractivity contribution is -0.120. The monoisotopic (exact) mass is 350 g/mol. The molecular formula is C20H22N4O2. The van der Waals surface area contributed by atoms with Gasteiger partial charge in [0.05, 0.1) is 17.5 Å². The van der Waals surface area contributed by atoms with Crippen LogP contribution in [0.15, 0.2) is 55.0 Å². The molecule has 0 saturated carbocycles. The molecule has 2 heterocycles. The van der Waals surface area contributed by atoms with Gasteiger partial charge in [0, 0.05) is 24.5 Å². The predicted molar refractivity (Wildman–Crippen MR) is 99.7 cm³/mol. The molecule has 134 valence electrons. The molecule has 2 aliphatic rings. The normalized spacial score (nSPS) is 12.3. The molecular weight excluding hydrogens is 328 g/mol. The first-order chi connectivity index (χ1) is 12.5. The van der Waals surface area contributed by atoms with Crippen LogP contribution >= 0.6 is 0 Å². The maximum absolute atomic E-state index is 12.7. The summed E-state index contributed by atoms with van der Waals surface area (Å²) in [5.74, 6) is -0.953. The molecule has 2 amide bonds. The van der Waals surface area contributed by atoms with Gasteiger partial charge in [0.1, 0.15) is 6.04 Å². The van der Waals surface area contributed by atoms with E-state index >= 15 is 0 Å².